The third-order valence-corrected chi connectivity index (χ3v) is 7.30. The van der Waals surface area contributed by atoms with Crippen LogP contribution in [-0.2, 0) is 0 Å². The third kappa shape index (κ3) is 4.02. The van der Waals surface area contributed by atoms with Gasteiger partial charge in [0.1, 0.15) is 17.5 Å². The number of nitrogens with zero attached hydrogens (tertiary/aromatic N) is 6. The Morgan fingerprint density at radius 1 is 1.12 bits per heavy atom. The first-order valence-electron chi connectivity index (χ1n) is 10.8. The molecule has 0 bridgehead atoms. The van der Waals surface area contributed by atoms with Crippen molar-refractivity contribution in [3.8, 4) is 17.3 Å². The molecule has 0 N–H and O–H groups in total. The number of fused-ring (bicyclic) bond motifs is 1. The Labute approximate surface area is 209 Å². The van der Waals surface area contributed by atoms with Gasteiger partial charge in [0.25, 0.3) is 11.8 Å². The van der Waals surface area contributed by atoms with Gasteiger partial charge in [-0.1, -0.05) is 41.7 Å². The maximum Gasteiger partial charge on any atom is 0.262 e. The van der Waals surface area contributed by atoms with Gasteiger partial charge in [0.2, 0.25) is 0 Å². The van der Waals surface area contributed by atoms with Gasteiger partial charge in [-0.15, -0.1) is 10.2 Å². The zero-order valence-corrected chi connectivity index (χ0v) is 21.3. The zero-order chi connectivity index (χ0) is 24.4. The summed E-state index contributed by atoms with van der Waals surface area (Å²) in [6, 6.07) is 13.2. The lowest BCUT2D eigenvalue weighted by atomic mass is 10.0. The summed E-state index contributed by atoms with van der Waals surface area (Å²) < 4.78 is 0.286. The molecular weight excluding hydrogens is 516 g/mol. The Balaban J connectivity index is 1.84. The van der Waals surface area contributed by atoms with E-state index in [1.54, 1.807) is 6.92 Å². The van der Waals surface area contributed by atoms with Crippen LogP contribution in [0.4, 0.5) is 15.8 Å². The Morgan fingerprint density at radius 2 is 1.82 bits per heavy atom. The molecule has 8 nitrogen and oxygen atoms in total. The SMILES string of the molecule is CCN1C(=O)c2cc(C#N)c(/N=N/c3sc(N(CC)CC)nc3-c3ccccc3)c(Br)c2C1=O. The number of thiazole rings is 1. The van der Waals surface area contributed by atoms with Crippen molar-refractivity contribution in [2.45, 2.75) is 20.8 Å². The normalized spacial score (nSPS) is 13.0. The molecule has 0 fully saturated rings. The summed E-state index contributed by atoms with van der Waals surface area (Å²) in [4.78, 5) is 33.4. The van der Waals surface area contributed by atoms with E-state index in [9.17, 15) is 14.9 Å². The lowest BCUT2D eigenvalue weighted by molar-refractivity contribution is 0.0662. The van der Waals surface area contributed by atoms with E-state index in [4.69, 9.17) is 4.98 Å². The highest BCUT2D eigenvalue weighted by atomic mass is 79.9. The molecule has 3 aromatic rings. The highest BCUT2D eigenvalue weighted by Crippen LogP contribution is 2.43. The molecule has 1 aliphatic heterocycles. The minimum Gasteiger partial charge on any atom is -0.349 e. The van der Waals surface area contributed by atoms with Crippen LogP contribution in [-0.4, -0.2) is 41.3 Å². The van der Waals surface area contributed by atoms with Crippen molar-refractivity contribution in [2.75, 3.05) is 24.5 Å². The average Bonchev–Trinajstić information content (AvgIpc) is 3.38. The number of rotatable bonds is 7. The maximum absolute atomic E-state index is 12.8. The minimum absolute atomic E-state index is 0.156. The highest BCUT2D eigenvalue weighted by molar-refractivity contribution is 9.10. The predicted octanol–water partition coefficient (Wildman–Crippen LogP) is 6.32. The number of nitriles is 1. The van der Waals surface area contributed by atoms with E-state index in [0.717, 1.165) is 28.7 Å². The quantitative estimate of drug-likeness (QED) is 0.259. The van der Waals surface area contributed by atoms with E-state index in [0.29, 0.717) is 10.7 Å². The number of benzene rings is 2. The summed E-state index contributed by atoms with van der Waals surface area (Å²) in [5.74, 6) is -0.831. The van der Waals surface area contributed by atoms with Gasteiger partial charge >= 0.3 is 0 Å². The summed E-state index contributed by atoms with van der Waals surface area (Å²) in [6.07, 6.45) is 0. The molecule has 0 aliphatic carbocycles. The number of hydrogen-bond donors (Lipinski definition) is 0. The molecule has 172 valence electrons. The molecule has 4 rings (SSSR count). The van der Waals surface area contributed by atoms with Crippen LogP contribution < -0.4 is 4.90 Å². The van der Waals surface area contributed by atoms with Gasteiger partial charge in [-0.2, -0.15) is 5.26 Å². The van der Waals surface area contributed by atoms with Gasteiger partial charge in [-0.3, -0.25) is 14.5 Å². The van der Waals surface area contributed by atoms with Crippen molar-refractivity contribution in [3.63, 3.8) is 0 Å². The van der Waals surface area contributed by atoms with Crippen molar-refractivity contribution < 1.29 is 9.59 Å². The van der Waals surface area contributed by atoms with E-state index in [1.165, 1.54) is 17.4 Å². The van der Waals surface area contributed by atoms with Crippen LogP contribution in [0.15, 0.2) is 51.1 Å². The van der Waals surface area contributed by atoms with Crippen molar-refractivity contribution in [3.05, 3.63) is 57.6 Å². The molecule has 0 saturated carbocycles. The number of azo groups is 1. The molecule has 0 spiro atoms. The van der Waals surface area contributed by atoms with Crippen LogP contribution in [0.2, 0.25) is 0 Å². The first-order chi connectivity index (χ1) is 16.4. The second-order valence-electron chi connectivity index (χ2n) is 7.36. The average molecular weight is 537 g/mol. The summed E-state index contributed by atoms with van der Waals surface area (Å²) in [5.41, 5.74) is 2.35. The number of carbonyl (C=O) groups is 2. The number of hydrogen-bond acceptors (Lipinski definition) is 8. The first kappa shape index (κ1) is 23.7. The largest absolute Gasteiger partial charge is 0.349 e. The Kier molecular flexibility index (Phi) is 6.86. The van der Waals surface area contributed by atoms with Crippen LogP contribution in [0.1, 0.15) is 47.1 Å². The Bertz CT molecular complexity index is 1340. The highest BCUT2D eigenvalue weighted by Gasteiger charge is 2.38. The van der Waals surface area contributed by atoms with E-state index in [-0.39, 0.29) is 33.4 Å². The lowest BCUT2D eigenvalue weighted by Gasteiger charge is -2.16. The molecule has 0 saturated heterocycles. The molecule has 1 aromatic heterocycles. The second-order valence-corrected chi connectivity index (χ2v) is 9.11. The molecule has 0 radical (unpaired) electrons. The fraction of sp³-hybridized carbons (Fsp3) is 0.250. The van der Waals surface area contributed by atoms with Gasteiger partial charge in [0.05, 0.1) is 21.2 Å². The number of amides is 2. The van der Waals surface area contributed by atoms with Crippen LogP contribution >= 0.6 is 27.3 Å². The number of anilines is 1. The van der Waals surface area contributed by atoms with Crippen LogP contribution in [0.5, 0.6) is 0 Å². The number of aromatic nitrogens is 1. The van der Waals surface area contributed by atoms with Gasteiger partial charge in [-0.25, -0.2) is 4.98 Å². The van der Waals surface area contributed by atoms with Gasteiger partial charge in [-0.05, 0) is 42.8 Å². The zero-order valence-electron chi connectivity index (χ0n) is 18.9. The van der Waals surface area contributed by atoms with Crippen molar-refractivity contribution in [1.82, 2.24) is 9.88 Å². The number of carbonyl (C=O) groups excluding carboxylic acids is 2. The summed E-state index contributed by atoms with van der Waals surface area (Å²) in [5, 5.41) is 20.0. The van der Waals surface area contributed by atoms with Crippen LogP contribution in [0.25, 0.3) is 11.3 Å². The summed E-state index contributed by atoms with van der Waals surface area (Å²) >= 11 is 4.82. The van der Waals surface area contributed by atoms with E-state index in [1.807, 2.05) is 30.3 Å². The minimum atomic E-state index is -0.416. The smallest absolute Gasteiger partial charge is 0.262 e. The molecule has 1 aliphatic rings. The van der Waals surface area contributed by atoms with Crippen LogP contribution in [0.3, 0.4) is 0 Å². The van der Waals surface area contributed by atoms with Gasteiger partial charge in [0.15, 0.2) is 10.1 Å². The third-order valence-electron chi connectivity index (χ3n) is 5.53. The van der Waals surface area contributed by atoms with Gasteiger partial charge in [0, 0.05) is 25.2 Å². The summed E-state index contributed by atoms with van der Waals surface area (Å²) in [7, 11) is 0. The fourth-order valence-electron chi connectivity index (χ4n) is 3.74. The predicted molar refractivity (Wildman–Crippen MR) is 135 cm³/mol. The van der Waals surface area contributed by atoms with Crippen molar-refractivity contribution >= 4 is 54.9 Å². The second kappa shape index (κ2) is 9.83. The first-order valence-corrected chi connectivity index (χ1v) is 12.4. The van der Waals surface area contributed by atoms with Crippen molar-refractivity contribution in [1.29, 1.82) is 5.26 Å². The van der Waals surface area contributed by atoms with E-state index >= 15 is 0 Å². The Morgan fingerprint density at radius 3 is 2.44 bits per heavy atom. The molecule has 2 heterocycles. The summed E-state index contributed by atoms with van der Waals surface area (Å²) in [6.45, 7) is 7.69. The Hall–Kier alpha value is -3.42. The fourth-order valence-corrected chi connectivity index (χ4v) is 5.45. The molecule has 10 heteroatoms. The molecule has 2 aromatic carbocycles. The van der Waals surface area contributed by atoms with Crippen LogP contribution in [0, 0.1) is 11.3 Å². The van der Waals surface area contributed by atoms with Crippen molar-refractivity contribution in [2.24, 2.45) is 10.2 Å². The molecular formula is C24H21BrN6O2S. The lowest BCUT2D eigenvalue weighted by Crippen LogP contribution is -2.29. The van der Waals surface area contributed by atoms with E-state index < -0.39 is 11.8 Å². The van der Waals surface area contributed by atoms with Gasteiger partial charge < -0.3 is 4.90 Å². The van der Waals surface area contributed by atoms with E-state index in [2.05, 4.69) is 51.0 Å². The molecule has 2 amide bonds. The molecule has 34 heavy (non-hydrogen) atoms. The standard InChI is InChI=1S/C24H21BrN6O2S/c1-4-30(5-2)24-27-20(14-10-8-7-9-11-14)21(34-24)29-28-19-15(13-26)12-16-17(18(19)25)23(33)31(6-3)22(16)32/h7-12H,4-6H2,1-3H3/b29-28+. The molecule has 0 unspecified atom stereocenters. The topological polar surface area (TPSA) is 102 Å². The number of halogens is 1. The number of imide groups is 1. The molecule has 0 atom stereocenters. The monoisotopic (exact) mass is 536 g/mol. The maximum atomic E-state index is 12.8.